The summed E-state index contributed by atoms with van der Waals surface area (Å²) < 4.78 is 33.9. The van der Waals surface area contributed by atoms with E-state index in [0.717, 1.165) is 15.6 Å². The zero-order valence-corrected chi connectivity index (χ0v) is 17.0. The SMILES string of the molecule is COC(=O)[C@H](C)CN(c1sc2ccccc2c1C)S(=O)(=O)c1ccccc1. The summed E-state index contributed by atoms with van der Waals surface area (Å²) >= 11 is 1.41. The standard InChI is InChI=1S/C20H21NO4S2/c1-14(20(22)25-3)13-21(27(23,24)16-9-5-4-6-10-16)19-15(2)17-11-7-8-12-18(17)26-19/h4-12,14H,13H2,1-3H3/t14-/m1/s1. The highest BCUT2D eigenvalue weighted by Gasteiger charge is 2.31. The van der Waals surface area contributed by atoms with Gasteiger partial charge in [0.05, 0.1) is 17.9 Å². The molecule has 0 aliphatic carbocycles. The van der Waals surface area contributed by atoms with Crippen molar-refractivity contribution in [1.29, 1.82) is 0 Å². The summed E-state index contributed by atoms with van der Waals surface area (Å²) in [5, 5.41) is 1.63. The molecule has 0 aliphatic rings. The van der Waals surface area contributed by atoms with Crippen LogP contribution in [0.25, 0.3) is 10.1 Å². The highest BCUT2D eigenvalue weighted by molar-refractivity contribution is 7.93. The van der Waals surface area contributed by atoms with Gasteiger partial charge in [0.2, 0.25) is 0 Å². The van der Waals surface area contributed by atoms with E-state index in [0.29, 0.717) is 5.00 Å². The number of anilines is 1. The van der Waals surface area contributed by atoms with Crippen molar-refractivity contribution >= 4 is 42.4 Å². The van der Waals surface area contributed by atoms with Gasteiger partial charge in [-0.1, -0.05) is 43.3 Å². The Bertz CT molecular complexity index is 1060. The number of thiophene rings is 1. The van der Waals surface area contributed by atoms with E-state index in [1.807, 2.05) is 31.2 Å². The van der Waals surface area contributed by atoms with E-state index in [9.17, 15) is 13.2 Å². The quantitative estimate of drug-likeness (QED) is 0.578. The molecule has 1 aromatic heterocycles. The molecule has 3 aromatic rings. The molecule has 2 aromatic carbocycles. The van der Waals surface area contributed by atoms with Gasteiger partial charge in [-0.25, -0.2) is 8.42 Å². The fourth-order valence-corrected chi connectivity index (χ4v) is 6.00. The van der Waals surface area contributed by atoms with Gasteiger partial charge in [0, 0.05) is 11.2 Å². The molecule has 0 radical (unpaired) electrons. The summed E-state index contributed by atoms with van der Waals surface area (Å²) in [6.45, 7) is 3.59. The normalized spacial score (nSPS) is 12.7. The number of aryl methyl sites for hydroxylation is 1. The third-order valence-electron chi connectivity index (χ3n) is 4.42. The van der Waals surface area contributed by atoms with Crippen molar-refractivity contribution in [2.75, 3.05) is 18.0 Å². The fraction of sp³-hybridized carbons (Fsp3) is 0.250. The number of carbonyl (C=O) groups excluding carboxylic acids is 1. The molecule has 0 fully saturated rings. The Labute approximate surface area is 163 Å². The largest absolute Gasteiger partial charge is 0.469 e. The fourth-order valence-electron chi connectivity index (χ4n) is 2.93. The summed E-state index contributed by atoms with van der Waals surface area (Å²) in [7, 11) is -2.52. The molecule has 5 nitrogen and oxygen atoms in total. The van der Waals surface area contributed by atoms with Gasteiger partial charge < -0.3 is 4.74 Å². The number of hydrogen-bond acceptors (Lipinski definition) is 5. The lowest BCUT2D eigenvalue weighted by Gasteiger charge is -2.26. The number of rotatable bonds is 6. The lowest BCUT2D eigenvalue weighted by atomic mass is 10.1. The number of carbonyl (C=O) groups is 1. The van der Waals surface area contributed by atoms with Gasteiger partial charge in [-0.05, 0) is 36.1 Å². The molecule has 0 spiro atoms. The number of hydrogen-bond donors (Lipinski definition) is 0. The number of fused-ring (bicyclic) bond motifs is 1. The van der Waals surface area contributed by atoms with Crippen LogP contribution < -0.4 is 4.31 Å². The van der Waals surface area contributed by atoms with E-state index < -0.39 is 21.9 Å². The first-order chi connectivity index (χ1) is 12.9. The van der Waals surface area contributed by atoms with E-state index >= 15 is 0 Å². The van der Waals surface area contributed by atoms with Crippen LogP contribution in [0.4, 0.5) is 5.00 Å². The van der Waals surface area contributed by atoms with Gasteiger partial charge in [-0.3, -0.25) is 9.10 Å². The number of ether oxygens (including phenoxy) is 1. The third kappa shape index (κ3) is 3.70. The van der Waals surface area contributed by atoms with Crippen molar-refractivity contribution < 1.29 is 17.9 Å². The Kier molecular flexibility index (Phi) is 5.53. The first-order valence-electron chi connectivity index (χ1n) is 8.50. The molecule has 0 saturated heterocycles. The summed E-state index contributed by atoms with van der Waals surface area (Å²) in [5.41, 5.74) is 0.882. The molecule has 27 heavy (non-hydrogen) atoms. The maximum absolute atomic E-state index is 13.4. The van der Waals surface area contributed by atoms with Crippen LogP contribution in [-0.2, 0) is 19.6 Å². The topological polar surface area (TPSA) is 63.7 Å². The molecule has 142 valence electrons. The molecule has 0 aliphatic heterocycles. The summed E-state index contributed by atoms with van der Waals surface area (Å²) in [4.78, 5) is 12.2. The molecule has 0 amide bonds. The second-order valence-corrected chi connectivity index (χ2v) is 9.19. The third-order valence-corrected chi connectivity index (χ3v) is 7.61. The highest BCUT2D eigenvalue weighted by Crippen LogP contribution is 2.40. The second-order valence-electron chi connectivity index (χ2n) is 6.30. The number of nitrogens with zero attached hydrogens (tertiary/aromatic N) is 1. The first-order valence-corrected chi connectivity index (χ1v) is 10.8. The predicted octanol–water partition coefficient (Wildman–Crippen LogP) is 4.21. The number of esters is 1. The van der Waals surface area contributed by atoms with Gasteiger partial charge in [0.25, 0.3) is 10.0 Å². The van der Waals surface area contributed by atoms with E-state index in [4.69, 9.17) is 4.74 Å². The van der Waals surface area contributed by atoms with Crippen LogP contribution in [0.5, 0.6) is 0 Å². The lowest BCUT2D eigenvalue weighted by Crippen LogP contribution is -2.37. The molecule has 0 saturated carbocycles. The van der Waals surface area contributed by atoms with Crippen LogP contribution >= 0.6 is 11.3 Å². The highest BCUT2D eigenvalue weighted by atomic mass is 32.2. The van der Waals surface area contributed by atoms with E-state index in [1.54, 1.807) is 37.3 Å². The lowest BCUT2D eigenvalue weighted by molar-refractivity contribution is -0.144. The van der Waals surface area contributed by atoms with Gasteiger partial charge in [-0.15, -0.1) is 11.3 Å². The predicted molar refractivity (Wildman–Crippen MR) is 109 cm³/mol. The molecule has 1 heterocycles. The molecule has 1 atom stereocenters. The van der Waals surface area contributed by atoms with Gasteiger partial charge >= 0.3 is 5.97 Å². The second kappa shape index (κ2) is 7.70. The Morgan fingerprint density at radius 2 is 1.74 bits per heavy atom. The van der Waals surface area contributed by atoms with Crippen molar-refractivity contribution in [3.63, 3.8) is 0 Å². The van der Waals surface area contributed by atoms with E-state index in [-0.39, 0.29) is 11.4 Å². The molecule has 0 N–H and O–H groups in total. The molecular formula is C20H21NO4S2. The molecule has 0 bridgehead atoms. The Morgan fingerprint density at radius 1 is 1.11 bits per heavy atom. The maximum Gasteiger partial charge on any atom is 0.310 e. The number of sulfonamides is 1. The van der Waals surface area contributed by atoms with Crippen LogP contribution in [0.2, 0.25) is 0 Å². The van der Waals surface area contributed by atoms with Gasteiger partial charge in [0.15, 0.2) is 0 Å². The van der Waals surface area contributed by atoms with Crippen molar-refractivity contribution in [3.05, 3.63) is 60.2 Å². The number of benzene rings is 2. The van der Waals surface area contributed by atoms with Crippen LogP contribution in [-0.4, -0.2) is 28.0 Å². The minimum atomic E-state index is -3.83. The minimum absolute atomic E-state index is 0.0115. The Morgan fingerprint density at radius 3 is 2.37 bits per heavy atom. The van der Waals surface area contributed by atoms with Gasteiger partial charge in [-0.2, -0.15) is 0 Å². The number of methoxy groups -OCH3 is 1. The van der Waals surface area contributed by atoms with Crippen molar-refractivity contribution in [1.82, 2.24) is 0 Å². The van der Waals surface area contributed by atoms with Crippen LogP contribution in [0.3, 0.4) is 0 Å². The average Bonchev–Trinajstić information content (AvgIpc) is 3.02. The van der Waals surface area contributed by atoms with Crippen molar-refractivity contribution in [3.8, 4) is 0 Å². The zero-order valence-electron chi connectivity index (χ0n) is 15.4. The van der Waals surface area contributed by atoms with Crippen LogP contribution in [0, 0.1) is 12.8 Å². The Hall–Kier alpha value is -2.38. The molecule has 0 unspecified atom stereocenters. The zero-order chi connectivity index (χ0) is 19.6. The summed E-state index contributed by atoms with van der Waals surface area (Å²) in [6.07, 6.45) is 0. The smallest absolute Gasteiger partial charge is 0.310 e. The maximum atomic E-state index is 13.4. The summed E-state index contributed by atoms with van der Waals surface area (Å²) in [5.74, 6) is -1.04. The monoisotopic (exact) mass is 403 g/mol. The van der Waals surface area contributed by atoms with Crippen LogP contribution in [0.1, 0.15) is 12.5 Å². The van der Waals surface area contributed by atoms with E-state index in [1.165, 1.54) is 22.8 Å². The first kappa shape index (κ1) is 19.4. The van der Waals surface area contributed by atoms with Crippen molar-refractivity contribution in [2.45, 2.75) is 18.7 Å². The average molecular weight is 404 g/mol. The van der Waals surface area contributed by atoms with Crippen molar-refractivity contribution in [2.24, 2.45) is 5.92 Å². The molecule has 3 rings (SSSR count). The van der Waals surface area contributed by atoms with E-state index in [2.05, 4.69) is 0 Å². The van der Waals surface area contributed by atoms with Crippen LogP contribution in [0.15, 0.2) is 59.5 Å². The Balaban J connectivity index is 2.15. The molecular weight excluding hydrogens is 382 g/mol. The minimum Gasteiger partial charge on any atom is -0.469 e. The van der Waals surface area contributed by atoms with Gasteiger partial charge in [0.1, 0.15) is 5.00 Å². The molecule has 7 heteroatoms. The summed E-state index contributed by atoms with van der Waals surface area (Å²) in [6, 6.07) is 16.1.